The van der Waals surface area contributed by atoms with Crippen LogP contribution in [0, 0.1) is 0 Å². The second-order valence-corrected chi connectivity index (χ2v) is 5.97. The van der Waals surface area contributed by atoms with Gasteiger partial charge >= 0.3 is 0 Å². The lowest BCUT2D eigenvalue weighted by molar-refractivity contribution is -0.116. The molecule has 0 bridgehead atoms. The zero-order chi connectivity index (χ0) is 19.6. The SMILES string of the molecule is CCOc1ccccc1C(=O)NCCCC(=O)Nc1ccc(C(C)=O)cc1. The molecule has 142 valence electrons. The first-order chi connectivity index (χ1) is 13.0. The maximum absolute atomic E-state index is 12.2. The molecule has 0 aliphatic carbocycles. The van der Waals surface area contributed by atoms with Gasteiger partial charge in [0.25, 0.3) is 5.91 Å². The van der Waals surface area contributed by atoms with Gasteiger partial charge in [-0.05, 0) is 56.7 Å². The summed E-state index contributed by atoms with van der Waals surface area (Å²) >= 11 is 0. The number of nitrogens with one attached hydrogen (secondary N) is 2. The summed E-state index contributed by atoms with van der Waals surface area (Å²) in [5.74, 6) is 0.160. The van der Waals surface area contributed by atoms with E-state index in [0.29, 0.717) is 42.1 Å². The minimum Gasteiger partial charge on any atom is -0.493 e. The number of rotatable bonds is 9. The van der Waals surface area contributed by atoms with Crippen LogP contribution in [0.5, 0.6) is 5.75 Å². The Balaban J connectivity index is 1.75. The Bertz CT molecular complexity index is 800. The fourth-order valence-corrected chi connectivity index (χ4v) is 2.49. The highest BCUT2D eigenvalue weighted by molar-refractivity contribution is 5.97. The molecule has 2 aromatic rings. The van der Waals surface area contributed by atoms with Crippen LogP contribution in [0.15, 0.2) is 48.5 Å². The highest BCUT2D eigenvalue weighted by Crippen LogP contribution is 2.17. The first-order valence-electron chi connectivity index (χ1n) is 8.92. The summed E-state index contributed by atoms with van der Waals surface area (Å²) in [6, 6.07) is 13.8. The summed E-state index contributed by atoms with van der Waals surface area (Å²) < 4.78 is 5.45. The zero-order valence-corrected chi connectivity index (χ0v) is 15.6. The van der Waals surface area contributed by atoms with Crippen LogP contribution >= 0.6 is 0 Å². The van der Waals surface area contributed by atoms with E-state index >= 15 is 0 Å². The van der Waals surface area contributed by atoms with Crippen molar-refractivity contribution >= 4 is 23.3 Å². The lowest BCUT2D eigenvalue weighted by atomic mass is 10.1. The Labute approximate surface area is 158 Å². The highest BCUT2D eigenvalue weighted by atomic mass is 16.5. The molecule has 0 unspecified atom stereocenters. The lowest BCUT2D eigenvalue weighted by Crippen LogP contribution is -2.26. The van der Waals surface area contributed by atoms with Crippen LogP contribution in [0.25, 0.3) is 0 Å². The van der Waals surface area contributed by atoms with Gasteiger partial charge in [0.1, 0.15) is 5.75 Å². The number of benzene rings is 2. The molecule has 2 N–H and O–H groups in total. The largest absolute Gasteiger partial charge is 0.493 e. The maximum Gasteiger partial charge on any atom is 0.255 e. The second-order valence-electron chi connectivity index (χ2n) is 5.97. The molecule has 0 aliphatic rings. The molecule has 0 aromatic heterocycles. The minimum atomic E-state index is -0.223. The van der Waals surface area contributed by atoms with Gasteiger partial charge in [-0.25, -0.2) is 0 Å². The molecule has 6 heteroatoms. The van der Waals surface area contributed by atoms with Crippen LogP contribution in [0.3, 0.4) is 0 Å². The normalized spacial score (nSPS) is 10.1. The number of ether oxygens (including phenoxy) is 1. The molecule has 0 radical (unpaired) electrons. The van der Waals surface area contributed by atoms with Crippen LogP contribution in [0.1, 0.15) is 47.4 Å². The quantitative estimate of drug-likeness (QED) is 0.524. The average molecular weight is 368 g/mol. The van der Waals surface area contributed by atoms with Crippen molar-refractivity contribution < 1.29 is 19.1 Å². The van der Waals surface area contributed by atoms with Crippen molar-refractivity contribution in [2.24, 2.45) is 0 Å². The molecule has 0 heterocycles. The molecule has 2 aromatic carbocycles. The van der Waals surface area contributed by atoms with Crippen molar-refractivity contribution in [2.75, 3.05) is 18.5 Å². The third kappa shape index (κ3) is 6.26. The first kappa shape index (κ1) is 20.2. The van der Waals surface area contributed by atoms with Crippen molar-refractivity contribution in [3.8, 4) is 5.75 Å². The monoisotopic (exact) mass is 368 g/mol. The Morgan fingerprint density at radius 3 is 2.37 bits per heavy atom. The van der Waals surface area contributed by atoms with Gasteiger partial charge in [0.05, 0.1) is 12.2 Å². The number of hydrogen-bond acceptors (Lipinski definition) is 4. The molecule has 0 spiro atoms. The predicted octanol–water partition coefficient (Wildman–Crippen LogP) is 3.44. The number of hydrogen-bond donors (Lipinski definition) is 2. The Hall–Kier alpha value is -3.15. The summed E-state index contributed by atoms with van der Waals surface area (Å²) in [5, 5.41) is 5.57. The molecule has 2 rings (SSSR count). The molecule has 0 aliphatic heterocycles. The second kappa shape index (κ2) is 10.1. The van der Waals surface area contributed by atoms with Gasteiger partial charge in [-0.1, -0.05) is 12.1 Å². The van der Waals surface area contributed by atoms with Crippen LogP contribution in [-0.4, -0.2) is 30.7 Å². The summed E-state index contributed by atoms with van der Waals surface area (Å²) in [7, 11) is 0. The molecule has 0 saturated heterocycles. The van der Waals surface area contributed by atoms with E-state index in [4.69, 9.17) is 4.74 Å². The Kier molecular flexibility index (Phi) is 7.55. The van der Waals surface area contributed by atoms with Gasteiger partial charge in [0.15, 0.2) is 5.78 Å². The fraction of sp³-hybridized carbons (Fsp3) is 0.286. The van der Waals surface area contributed by atoms with E-state index in [1.54, 1.807) is 42.5 Å². The first-order valence-corrected chi connectivity index (χ1v) is 8.92. The van der Waals surface area contributed by atoms with Gasteiger partial charge in [0, 0.05) is 24.2 Å². The third-order valence-electron chi connectivity index (χ3n) is 3.87. The van der Waals surface area contributed by atoms with Crippen molar-refractivity contribution in [1.82, 2.24) is 5.32 Å². The smallest absolute Gasteiger partial charge is 0.255 e. The summed E-state index contributed by atoms with van der Waals surface area (Å²) in [4.78, 5) is 35.5. The van der Waals surface area contributed by atoms with Gasteiger partial charge < -0.3 is 15.4 Å². The molecule has 6 nitrogen and oxygen atoms in total. The van der Waals surface area contributed by atoms with Gasteiger partial charge in [-0.3, -0.25) is 14.4 Å². The van der Waals surface area contributed by atoms with Crippen molar-refractivity contribution in [3.05, 3.63) is 59.7 Å². The van der Waals surface area contributed by atoms with Gasteiger partial charge in [0.2, 0.25) is 5.91 Å². The fourth-order valence-electron chi connectivity index (χ4n) is 2.49. The minimum absolute atomic E-state index is 0.0190. The maximum atomic E-state index is 12.2. The number of ketones is 1. The number of amides is 2. The van der Waals surface area contributed by atoms with Crippen LogP contribution in [0.4, 0.5) is 5.69 Å². The van der Waals surface area contributed by atoms with E-state index < -0.39 is 0 Å². The number of carbonyl (C=O) groups excluding carboxylic acids is 3. The van der Waals surface area contributed by atoms with Crippen LogP contribution in [-0.2, 0) is 4.79 Å². The standard InChI is InChI=1S/C21H24N2O4/c1-3-27-19-8-5-4-7-18(19)21(26)22-14-6-9-20(25)23-17-12-10-16(11-13-17)15(2)24/h4-5,7-8,10-13H,3,6,9,14H2,1-2H3,(H,22,26)(H,23,25). The number of carbonyl (C=O) groups is 3. The van der Waals surface area contributed by atoms with E-state index in [1.807, 2.05) is 13.0 Å². The molecule has 0 atom stereocenters. The summed E-state index contributed by atoms with van der Waals surface area (Å²) in [6.07, 6.45) is 0.793. The van der Waals surface area contributed by atoms with E-state index in [0.717, 1.165) is 0 Å². The molecular weight excluding hydrogens is 344 g/mol. The highest BCUT2D eigenvalue weighted by Gasteiger charge is 2.11. The molecule has 2 amide bonds. The van der Waals surface area contributed by atoms with E-state index in [1.165, 1.54) is 6.92 Å². The van der Waals surface area contributed by atoms with Crippen molar-refractivity contribution in [3.63, 3.8) is 0 Å². The zero-order valence-electron chi connectivity index (χ0n) is 15.6. The summed E-state index contributed by atoms with van der Waals surface area (Å²) in [6.45, 7) is 4.23. The average Bonchev–Trinajstić information content (AvgIpc) is 2.66. The number of para-hydroxylation sites is 1. The lowest BCUT2D eigenvalue weighted by Gasteiger charge is -2.10. The van der Waals surface area contributed by atoms with Crippen molar-refractivity contribution in [1.29, 1.82) is 0 Å². The number of anilines is 1. The molecule has 0 fully saturated rings. The molecule has 0 saturated carbocycles. The molecular formula is C21H24N2O4. The van der Waals surface area contributed by atoms with E-state index in [9.17, 15) is 14.4 Å². The summed E-state index contributed by atoms with van der Waals surface area (Å²) in [5.41, 5.74) is 1.72. The Morgan fingerprint density at radius 1 is 1.00 bits per heavy atom. The molecule has 27 heavy (non-hydrogen) atoms. The predicted molar refractivity (Wildman–Crippen MR) is 104 cm³/mol. The van der Waals surface area contributed by atoms with Gasteiger partial charge in [-0.2, -0.15) is 0 Å². The van der Waals surface area contributed by atoms with Crippen molar-refractivity contribution in [2.45, 2.75) is 26.7 Å². The van der Waals surface area contributed by atoms with E-state index in [-0.39, 0.29) is 24.0 Å². The third-order valence-corrected chi connectivity index (χ3v) is 3.87. The van der Waals surface area contributed by atoms with Crippen LogP contribution < -0.4 is 15.4 Å². The Morgan fingerprint density at radius 2 is 1.70 bits per heavy atom. The van der Waals surface area contributed by atoms with Crippen LogP contribution in [0.2, 0.25) is 0 Å². The topological polar surface area (TPSA) is 84.5 Å². The van der Waals surface area contributed by atoms with Gasteiger partial charge in [-0.15, -0.1) is 0 Å². The number of Topliss-reactive ketones (excluding diaryl/α,β-unsaturated/α-hetero) is 1. The van der Waals surface area contributed by atoms with E-state index in [2.05, 4.69) is 10.6 Å².